The highest BCUT2D eigenvalue weighted by Gasteiger charge is 2.22. The predicted molar refractivity (Wildman–Crippen MR) is 116 cm³/mol. The van der Waals surface area contributed by atoms with Crippen LogP contribution in [0.15, 0.2) is 29.3 Å². The Bertz CT molecular complexity index is 878. The number of aromatic nitrogens is 3. The fraction of sp³-hybridized carbons (Fsp3) is 0.524. The van der Waals surface area contributed by atoms with E-state index < -0.39 is 0 Å². The first-order valence-corrected chi connectivity index (χ1v) is 10.5. The molecule has 0 saturated carbocycles. The summed E-state index contributed by atoms with van der Waals surface area (Å²) >= 11 is 0. The van der Waals surface area contributed by atoms with E-state index in [-0.39, 0.29) is 18.5 Å². The van der Waals surface area contributed by atoms with Crippen molar-refractivity contribution >= 4 is 17.6 Å². The lowest BCUT2D eigenvalue weighted by atomic mass is 10.1. The Balaban J connectivity index is 1.56. The second-order valence-corrected chi connectivity index (χ2v) is 7.24. The number of fused-ring (bicyclic) bond motifs is 1. The summed E-state index contributed by atoms with van der Waals surface area (Å²) in [6.07, 6.45) is 2.69. The van der Waals surface area contributed by atoms with Gasteiger partial charge in [-0.2, -0.15) is 5.10 Å². The first kappa shape index (κ1) is 21.8. The summed E-state index contributed by atoms with van der Waals surface area (Å²) < 4.78 is 7.04. The monoisotopic (exact) mass is 413 g/mol. The second-order valence-electron chi connectivity index (χ2n) is 7.24. The summed E-state index contributed by atoms with van der Waals surface area (Å²) in [6, 6.07) is 8.03. The number of amides is 1. The standard InChI is InChI=1S/C21H31N7O2/c1-4-15-7-6-8-16(11-15)24-20(29)12-23-21(22-5-2)25-17-9-10-19-26-18(14-30-3)27-28(19)13-17/h6-8,11,17H,4-5,9-10,12-14H2,1-3H3,(H,24,29)(H2,22,23,25). The van der Waals surface area contributed by atoms with Gasteiger partial charge in [0, 0.05) is 31.8 Å². The minimum atomic E-state index is -0.146. The molecule has 0 aliphatic carbocycles. The molecule has 0 bridgehead atoms. The van der Waals surface area contributed by atoms with E-state index in [0.29, 0.717) is 31.5 Å². The minimum absolute atomic E-state index is 0.0466. The van der Waals surface area contributed by atoms with Gasteiger partial charge in [0.2, 0.25) is 5.91 Å². The molecule has 1 aromatic heterocycles. The van der Waals surface area contributed by atoms with Gasteiger partial charge in [-0.25, -0.2) is 14.7 Å². The third kappa shape index (κ3) is 6.03. The van der Waals surface area contributed by atoms with Crippen LogP contribution in [0.3, 0.4) is 0 Å². The Hall–Kier alpha value is -2.94. The predicted octanol–water partition coefficient (Wildman–Crippen LogP) is 1.50. The first-order chi connectivity index (χ1) is 14.6. The molecule has 30 heavy (non-hydrogen) atoms. The van der Waals surface area contributed by atoms with Crippen LogP contribution in [0, 0.1) is 0 Å². The number of benzene rings is 1. The maximum Gasteiger partial charge on any atom is 0.246 e. The van der Waals surface area contributed by atoms with Gasteiger partial charge in [-0.3, -0.25) is 4.79 Å². The average Bonchev–Trinajstić information content (AvgIpc) is 3.14. The van der Waals surface area contributed by atoms with Gasteiger partial charge in [0.05, 0.1) is 6.54 Å². The number of carbonyl (C=O) groups is 1. The van der Waals surface area contributed by atoms with Gasteiger partial charge in [-0.05, 0) is 37.5 Å². The molecule has 0 fully saturated rings. The average molecular weight is 414 g/mol. The van der Waals surface area contributed by atoms with Crippen LogP contribution in [0.4, 0.5) is 5.69 Å². The van der Waals surface area contributed by atoms with Gasteiger partial charge in [0.1, 0.15) is 19.0 Å². The van der Waals surface area contributed by atoms with Crippen molar-refractivity contribution in [2.45, 2.75) is 52.3 Å². The van der Waals surface area contributed by atoms with E-state index in [9.17, 15) is 4.79 Å². The zero-order valence-corrected chi connectivity index (χ0v) is 17.9. The fourth-order valence-corrected chi connectivity index (χ4v) is 3.40. The van der Waals surface area contributed by atoms with Crippen molar-refractivity contribution in [3.63, 3.8) is 0 Å². The van der Waals surface area contributed by atoms with E-state index in [4.69, 9.17) is 4.74 Å². The summed E-state index contributed by atoms with van der Waals surface area (Å²) in [5.74, 6) is 2.17. The summed E-state index contributed by atoms with van der Waals surface area (Å²) in [6.45, 7) is 5.97. The van der Waals surface area contributed by atoms with Crippen LogP contribution in [-0.2, 0) is 35.5 Å². The molecule has 2 aromatic rings. The smallest absolute Gasteiger partial charge is 0.246 e. The second kappa shape index (κ2) is 10.7. The summed E-state index contributed by atoms with van der Waals surface area (Å²) in [5, 5.41) is 14.0. The molecular formula is C21H31N7O2. The zero-order valence-electron chi connectivity index (χ0n) is 17.9. The van der Waals surface area contributed by atoms with Crippen molar-refractivity contribution in [2.75, 3.05) is 25.5 Å². The molecular weight excluding hydrogens is 382 g/mol. The number of guanidine groups is 1. The summed E-state index contributed by atoms with van der Waals surface area (Å²) in [5.41, 5.74) is 1.98. The third-order valence-corrected chi connectivity index (χ3v) is 4.86. The molecule has 9 heteroatoms. The largest absolute Gasteiger partial charge is 0.377 e. The molecule has 162 valence electrons. The number of aryl methyl sites for hydroxylation is 2. The van der Waals surface area contributed by atoms with Gasteiger partial charge >= 0.3 is 0 Å². The van der Waals surface area contributed by atoms with Crippen LogP contribution >= 0.6 is 0 Å². The maximum atomic E-state index is 12.3. The molecule has 3 rings (SSSR count). The van der Waals surface area contributed by atoms with E-state index in [0.717, 1.165) is 30.8 Å². The highest BCUT2D eigenvalue weighted by atomic mass is 16.5. The van der Waals surface area contributed by atoms with Crippen molar-refractivity contribution in [2.24, 2.45) is 4.99 Å². The summed E-state index contributed by atoms with van der Waals surface area (Å²) in [7, 11) is 1.64. The maximum absolute atomic E-state index is 12.3. The van der Waals surface area contributed by atoms with Crippen LogP contribution in [0.5, 0.6) is 0 Å². The van der Waals surface area contributed by atoms with Gasteiger partial charge in [0.15, 0.2) is 11.8 Å². The number of nitrogens with zero attached hydrogens (tertiary/aromatic N) is 4. The number of ether oxygens (including phenoxy) is 1. The van der Waals surface area contributed by atoms with Crippen LogP contribution in [0.25, 0.3) is 0 Å². The van der Waals surface area contributed by atoms with Crippen molar-refractivity contribution in [1.82, 2.24) is 25.4 Å². The molecule has 3 N–H and O–H groups in total. The van der Waals surface area contributed by atoms with E-state index in [1.165, 1.54) is 5.56 Å². The minimum Gasteiger partial charge on any atom is -0.377 e. The molecule has 1 aliphatic heterocycles. The van der Waals surface area contributed by atoms with E-state index in [1.807, 2.05) is 35.9 Å². The van der Waals surface area contributed by atoms with Crippen molar-refractivity contribution < 1.29 is 9.53 Å². The number of hydrogen-bond acceptors (Lipinski definition) is 5. The molecule has 1 aromatic carbocycles. The number of aliphatic imine (C=N–C) groups is 1. The van der Waals surface area contributed by atoms with Crippen molar-refractivity contribution in [3.05, 3.63) is 41.5 Å². The van der Waals surface area contributed by atoms with Gasteiger partial charge in [-0.1, -0.05) is 19.1 Å². The number of rotatable bonds is 8. The van der Waals surface area contributed by atoms with Gasteiger partial charge in [-0.15, -0.1) is 0 Å². The van der Waals surface area contributed by atoms with E-state index in [1.54, 1.807) is 7.11 Å². The van der Waals surface area contributed by atoms with Gasteiger partial charge in [0.25, 0.3) is 0 Å². The van der Waals surface area contributed by atoms with Crippen LogP contribution in [-0.4, -0.2) is 52.9 Å². The van der Waals surface area contributed by atoms with Crippen molar-refractivity contribution in [3.8, 4) is 0 Å². The number of hydrogen-bond donors (Lipinski definition) is 3. The van der Waals surface area contributed by atoms with E-state index >= 15 is 0 Å². The molecule has 1 unspecified atom stereocenters. The lowest BCUT2D eigenvalue weighted by molar-refractivity contribution is -0.114. The Morgan fingerprint density at radius 2 is 2.23 bits per heavy atom. The SMILES string of the molecule is CCNC(=NCC(=O)Nc1cccc(CC)c1)NC1CCc2nc(COC)nn2C1. The van der Waals surface area contributed by atoms with E-state index in [2.05, 4.69) is 37.9 Å². The highest BCUT2D eigenvalue weighted by Crippen LogP contribution is 2.14. The Morgan fingerprint density at radius 3 is 3.00 bits per heavy atom. The van der Waals surface area contributed by atoms with Gasteiger partial charge < -0.3 is 20.7 Å². The quantitative estimate of drug-likeness (QED) is 0.447. The number of carbonyl (C=O) groups excluding carboxylic acids is 1. The van der Waals surface area contributed by atoms with Crippen LogP contribution in [0.2, 0.25) is 0 Å². The molecule has 0 saturated heterocycles. The van der Waals surface area contributed by atoms with Crippen molar-refractivity contribution in [1.29, 1.82) is 0 Å². The highest BCUT2D eigenvalue weighted by molar-refractivity contribution is 5.94. The Labute approximate surface area is 177 Å². The molecule has 0 radical (unpaired) electrons. The number of nitrogens with one attached hydrogen (secondary N) is 3. The molecule has 1 amide bonds. The zero-order chi connectivity index (χ0) is 21.3. The Morgan fingerprint density at radius 1 is 1.37 bits per heavy atom. The number of anilines is 1. The molecule has 2 heterocycles. The first-order valence-electron chi connectivity index (χ1n) is 10.5. The Kier molecular flexibility index (Phi) is 7.78. The van der Waals surface area contributed by atoms with Crippen LogP contribution in [0.1, 0.15) is 37.5 Å². The lowest BCUT2D eigenvalue weighted by Gasteiger charge is -2.25. The summed E-state index contributed by atoms with van der Waals surface area (Å²) in [4.78, 5) is 21.3. The third-order valence-electron chi connectivity index (χ3n) is 4.86. The van der Waals surface area contributed by atoms with Crippen LogP contribution < -0.4 is 16.0 Å². The fourth-order valence-electron chi connectivity index (χ4n) is 3.40. The lowest BCUT2D eigenvalue weighted by Crippen LogP contribution is -2.47. The molecule has 1 aliphatic rings. The number of methoxy groups -OCH3 is 1. The molecule has 0 spiro atoms. The normalized spacial score (nSPS) is 16.1. The molecule has 1 atom stereocenters. The topological polar surface area (TPSA) is 105 Å². The molecule has 9 nitrogen and oxygen atoms in total.